The Bertz CT molecular complexity index is 583. The summed E-state index contributed by atoms with van der Waals surface area (Å²) in [6, 6.07) is 5.85. The number of ether oxygens (including phenoxy) is 1. The molecule has 0 radical (unpaired) electrons. The number of Topliss-reactive ketones (excluding diaryl/α,β-unsaturated/α-hetero) is 1. The molecule has 3 nitrogen and oxygen atoms in total. The van der Waals surface area contributed by atoms with Gasteiger partial charge in [0.25, 0.3) is 0 Å². The van der Waals surface area contributed by atoms with E-state index in [1.165, 1.54) is 0 Å². The van der Waals surface area contributed by atoms with E-state index in [0.29, 0.717) is 6.42 Å². The van der Waals surface area contributed by atoms with Crippen molar-refractivity contribution in [3.05, 3.63) is 29.5 Å². The average molecular weight is 229 g/mol. The number of para-hydroxylation sites is 1. The molecular weight excluding hydrogens is 214 g/mol. The van der Waals surface area contributed by atoms with E-state index in [2.05, 4.69) is 4.98 Å². The number of hydrogen-bond donors (Lipinski definition) is 1. The molecule has 0 aliphatic heterocycles. The summed E-state index contributed by atoms with van der Waals surface area (Å²) in [5, 5.41) is 1.01. The van der Waals surface area contributed by atoms with Gasteiger partial charge < -0.3 is 9.72 Å². The molecule has 3 heteroatoms. The number of nitrogens with one attached hydrogen (secondary N) is 1. The van der Waals surface area contributed by atoms with Gasteiger partial charge in [0.05, 0.1) is 12.6 Å². The molecule has 1 aromatic carbocycles. The molecule has 2 aromatic rings. The number of hydrogen-bond acceptors (Lipinski definition) is 2. The van der Waals surface area contributed by atoms with E-state index in [-0.39, 0.29) is 5.78 Å². The smallest absolute Gasteiger partial charge is 0.165 e. The summed E-state index contributed by atoms with van der Waals surface area (Å²) >= 11 is 0. The van der Waals surface area contributed by atoms with Crippen LogP contribution in [-0.2, 0) is 6.42 Å². The van der Waals surface area contributed by atoms with Gasteiger partial charge in [-0.25, -0.2) is 0 Å². The molecular formula is C14H15NO2. The number of ketones is 1. The van der Waals surface area contributed by atoms with Crippen LogP contribution in [0.15, 0.2) is 18.2 Å². The Labute approximate surface area is 99.8 Å². The van der Waals surface area contributed by atoms with Crippen LogP contribution in [0, 0.1) is 0 Å². The molecule has 1 aromatic heterocycles. The topological polar surface area (TPSA) is 42.1 Å². The summed E-state index contributed by atoms with van der Waals surface area (Å²) in [6.45, 7) is 0. The van der Waals surface area contributed by atoms with E-state index in [1.54, 1.807) is 7.11 Å². The minimum absolute atomic E-state index is 0.261. The summed E-state index contributed by atoms with van der Waals surface area (Å²) in [4.78, 5) is 15.5. The highest BCUT2D eigenvalue weighted by Crippen LogP contribution is 2.32. The molecule has 88 valence electrons. The Morgan fingerprint density at radius 1 is 1.24 bits per heavy atom. The molecule has 0 saturated carbocycles. The van der Waals surface area contributed by atoms with Crippen LogP contribution >= 0.6 is 0 Å². The maximum absolute atomic E-state index is 12.1. The minimum atomic E-state index is 0.261. The van der Waals surface area contributed by atoms with Crippen molar-refractivity contribution in [1.82, 2.24) is 4.98 Å². The third kappa shape index (κ3) is 1.54. The normalized spacial score (nSPS) is 15.7. The van der Waals surface area contributed by atoms with Crippen LogP contribution in [-0.4, -0.2) is 17.9 Å². The second kappa shape index (κ2) is 3.91. The summed E-state index contributed by atoms with van der Waals surface area (Å²) in [7, 11) is 1.66. The number of aryl methyl sites for hydroxylation is 1. The molecule has 0 bridgehead atoms. The van der Waals surface area contributed by atoms with Gasteiger partial charge in [0, 0.05) is 23.1 Å². The number of carbonyl (C=O) groups excluding carboxylic acids is 1. The van der Waals surface area contributed by atoms with Crippen molar-refractivity contribution in [2.45, 2.75) is 25.7 Å². The molecule has 1 aliphatic carbocycles. The fourth-order valence-electron chi connectivity index (χ4n) is 2.63. The van der Waals surface area contributed by atoms with Crippen molar-refractivity contribution in [3.63, 3.8) is 0 Å². The van der Waals surface area contributed by atoms with Crippen molar-refractivity contribution in [2.24, 2.45) is 0 Å². The molecule has 0 unspecified atom stereocenters. The van der Waals surface area contributed by atoms with Crippen LogP contribution in [0.5, 0.6) is 5.75 Å². The van der Waals surface area contributed by atoms with Crippen molar-refractivity contribution in [3.8, 4) is 5.75 Å². The van der Waals surface area contributed by atoms with E-state index in [1.807, 2.05) is 18.2 Å². The second-order valence-electron chi connectivity index (χ2n) is 4.49. The zero-order valence-electron chi connectivity index (χ0n) is 9.88. The summed E-state index contributed by atoms with van der Waals surface area (Å²) in [6.07, 6.45) is 3.69. The van der Waals surface area contributed by atoms with Crippen molar-refractivity contribution in [1.29, 1.82) is 0 Å². The van der Waals surface area contributed by atoms with E-state index < -0.39 is 0 Å². The Morgan fingerprint density at radius 3 is 2.88 bits per heavy atom. The van der Waals surface area contributed by atoms with Crippen molar-refractivity contribution >= 4 is 16.7 Å². The van der Waals surface area contributed by atoms with Gasteiger partial charge in [-0.3, -0.25) is 4.79 Å². The number of methoxy groups -OCH3 is 1. The number of H-pyrrole nitrogens is 1. The Hall–Kier alpha value is -1.77. The molecule has 0 saturated heterocycles. The molecule has 0 amide bonds. The molecule has 0 fully saturated rings. The quantitative estimate of drug-likeness (QED) is 0.763. The van der Waals surface area contributed by atoms with Crippen LogP contribution in [0.4, 0.5) is 0 Å². The van der Waals surface area contributed by atoms with Crippen LogP contribution in [0.3, 0.4) is 0 Å². The number of fused-ring (bicyclic) bond motifs is 3. The van der Waals surface area contributed by atoms with Crippen molar-refractivity contribution in [2.75, 3.05) is 7.11 Å². The zero-order valence-corrected chi connectivity index (χ0v) is 9.88. The number of aromatic nitrogens is 1. The number of rotatable bonds is 1. The summed E-state index contributed by atoms with van der Waals surface area (Å²) in [5.74, 6) is 1.07. The molecule has 1 aliphatic rings. The van der Waals surface area contributed by atoms with Gasteiger partial charge in [0.1, 0.15) is 5.75 Å². The first-order chi connectivity index (χ1) is 8.31. The summed E-state index contributed by atoms with van der Waals surface area (Å²) < 4.78 is 5.33. The Morgan fingerprint density at radius 2 is 2.06 bits per heavy atom. The first-order valence-electron chi connectivity index (χ1n) is 6.02. The summed E-state index contributed by atoms with van der Waals surface area (Å²) in [5.41, 5.74) is 2.92. The first-order valence-corrected chi connectivity index (χ1v) is 6.02. The predicted molar refractivity (Wildman–Crippen MR) is 66.7 cm³/mol. The van der Waals surface area contributed by atoms with Crippen molar-refractivity contribution < 1.29 is 9.53 Å². The van der Waals surface area contributed by atoms with Crippen LogP contribution in [0.2, 0.25) is 0 Å². The largest absolute Gasteiger partial charge is 0.495 e. The van der Waals surface area contributed by atoms with Gasteiger partial charge in [0.2, 0.25) is 0 Å². The van der Waals surface area contributed by atoms with Gasteiger partial charge in [-0.2, -0.15) is 0 Å². The van der Waals surface area contributed by atoms with Crippen LogP contribution < -0.4 is 4.74 Å². The fourth-order valence-corrected chi connectivity index (χ4v) is 2.63. The zero-order chi connectivity index (χ0) is 11.8. The fraction of sp³-hybridized carbons (Fsp3) is 0.357. The maximum Gasteiger partial charge on any atom is 0.165 e. The van der Waals surface area contributed by atoms with Crippen LogP contribution in [0.1, 0.15) is 35.3 Å². The molecule has 1 N–H and O–H groups in total. The van der Waals surface area contributed by atoms with E-state index in [4.69, 9.17) is 4.74 Å². The number of aromatic amines is 1. The van der Waals surface area contributed by atoms with Gasteiger partial charge in [-0.15, -0.1) is 0 Å². The highest BCUT2D eigenvalue weighted by molar-refractivity contribution is 6.10. The first kappa shape index (κ1) is 10.4. The van der Waals surface area contributed by atoms with E-state index in [9.17, 15) is 4.79 Å². The van der Waals surface area contributed by atoms with E-state index in [0.717, 1.165) is 47.2 Å². The number of carbonyl (C=O) groups is 1. The van der Waals surface area contributed by atoms with Gasteiger partial charge in [0.15, 0.2) is 5.78 Å². The SMILES string of the molecule is COc1cccc2c3c([nH]c12)CCCCC3=O. The van der Waals surface area contributed by atoms with E-state index >= 15 is 0 Å². The Balaban J connectivity index is 2.31. The minimum Gasteiger partial charge on any atom is -0.495 e. The molecule has 17 heavy (non-hydrogen) atoms. The molecule has 3 rings (SSSR count). The highest BCUT2D eigenvalue weighted by Gasteiger charge is 2.21. The molecule has 1 heterocycles. The molecule has 0 atom stereocenters. The van der Waals surface area contributed by atoms with Gasteiger partial charge in [-0.05, 0) is 25.3 Å². The standard InChI is InChI=1S/C14H15NO2/c1-17-12-8-4-5-9-13-10(15-14(9)12)6-2-3-7-11(13)16/h4-5,8,15H,2-3,6-7H2,1H3. The number of benzene rings is 1. The van der Waals surface area contributed by atoms with Crippen LogP contribution in [0.25, 0.3) is 10.9 Å². The maximum atomic E-state index is 12.1. The third-order valence-electron chi connectivity index (χ3n) is 3.45. The highest BCUT2D eigenvalue weighted by atomic mass is 16.5. The second-order valence-corrected chi connectivity index (χ2v) is 4.49. The monoisotopic (exact) mass is 229 g/mol. The van der Waals surface area contributed by atoms with Gasteiger partial charge in [-0.1, -0.05) is 12.1 Å². The predicted octanol–water partition coefficient (Wildman–Crippen LogP) is 3.09. The molecule has 0 spiro atoms. The third-order valence-corrected chi connectivity index (χ3v) is 3.45. The average Bonchev–Trinajstić information content (AvgIpc) is 2.62. The lowest BCUT2D eigenvalue weighted by atomic mass is 10.1. The lowest BCUT2D eigenvalue weighted by Gasteiger charge is -2.01. The Kier molecular flexibility index (Phi) is 2.39. The van der Waals surface area contributed by atoms with Gasteiger partial charge >= 0.3 is 0 Å². The lowest BCUT2D eigenvalue weighted by molar-refractivity contribution is 0.0983. The lowest BCUT2D eigenvalue weighted by Crippen LogP contribution is -1.97.